The Hall–Kier alpha value is -1.34. The van der Waals surface area contributed by atoms with Gasteiger partial charge in [0.25, 0.3) is 5.56 Å². The summed E-state index contributed by atoms with van der Waals surface area (Å²) in [6, 6.07) is 1.21. The van der Waals surface area contributed by atoms with Gasteiger partial charge in [-0.15, -0.1) is 11.3 Å². The third-order valence-corrected chi connectivity index (χ3v) is 7.93. The Balaban J connectivity index is 1.91. The summed E-state index contributed by atoms with van der Waals surface area (Å²) in [7, 11) is 0. The van der Waals surface area contributed by atoms with Gasteiger partial charge in [0, 0.05) is 4.88 Å². The van der Waals surface area contributed by atoms with Crippen molar-refractivity contribution in [3.63, 3.8) is 0 Å². The number of thioether (sulfide) groups is 1. The maximum absolute atomic E-state index is 13.2. The number of nitrogens with zero attached hydrogens (tertiary/aromatic N) is 2. The molecule has 0 amide bonds. The molecule has 0 spiro atoms. The third kappa shape index (κ3) is 4.55. The minimum atomic E-state index is -0.697. The van der Waals surface area contributed by atoms with Gasteiger partial charge in [0.1, 0.15) is 17.0 Å². The van der Waals surface area contributed by atoms with E-state index in [0.717, 1.165) is 29.0 Å². The Morgan fingerprint density at radius 3 is 2.72 bits per heavy atom. The van der Waals surface area contributed by atoms with Crippen LogP contribution >= 0.6 is 23.1 Å². The summed E-state index contributed by atoms with van der Waals surface area (Å²) >= 11 is 2.94. The van der Waals surface area contributed by atoms with E-state index in [4.69, 9.17) is 4.74 Å². The van der Waals surface area contributed by atoms with E-state index in [2.05, 4.69) is 32.7 Å². The zero-order valence-corrected chi connectivity index (χ0v) is 19.9. The topological polar surface area (TPSA) is 61.2 Å². The Kier molecular flexibility index (Phi) is 7.10. The van der Waals surface area contributed by atoms with Crippen LogP contribution in [-0.2, 0) is 16.0 Å². The van der Waals surface area contributed by atoms with Gasteiger partial charge in [0.15, 0.2) is 5.16 Å². The minimum absolute atomic E-state index is 0.0772. The number of hydrogen-bond acceptors (Lipinski definition) is 6. The van der Waals surface area contributed by atoms with E-state index >= 15 is 0 Å². The van der Waals surface area contributed by atoms with E-state index < -0.39 is 6.04 Å². The molecule has 3 rings (SSSR count). The highest BCUT2D eigenvalue weighted by atomic mass is 32.2. The fourth-order valence-electron chi connectivity index (χ4n) is 4.29. The molecule has 2 aromatic rings. The van der Waals surface area contributed by atoms with Crippen molar-refractivity contribution in [3.05, 3.63) is 21.3 Å². The lowest BCUT2D eigenvalue weighted by atomic mass is 9.75. The molecule has 1 aliphatic rings. The van der Waals surface area contributed by atoms with Crippen molar-refractivity contribution in [2.75, 3.05) is 6.26 Å². The molecule has 2 aromatic heterocycles. The van der Waals surface area contributed by atoms with Crippen LogP contribution in [0.1, 0.15) is 64.8 Å². The van der Waals surface area contributed by atoms with Crippen LogP contribution in [0.25, 0.3) is 10.2 Å². The van der Waals surface area contributed by atoms with E-state index in [-0.39, 0.29) is 17.6 Å². The first-order valence-corrected chi connectivity index (χ1v) is 12.6. The lowest BCUT2D eigenvalue weighted by Crippen LogP contribution is -2.39. The van der Waals surface area contributed by atoms with E-state index in [1.54, 1.807) is 18.3 Å². The van der Waals surface area contributed by atoms with Gasteiger partial charge in [0.05, 0.1) is 5.39 Å². The Bertz CT molecular complexity index is 934. The Morgan fingerprint density at radius 2 is 2.10 bits per heavy atom. The van der Waals surface area contributed by atoms with Gasteiger partial charge >= 0.3 is 5.97 Å². The second-order valence-electron chi connectivity index (χ2n) is 8.54. The summed E-state index contributed by atoms with van der Waals surface area (Å²) in [6.07, 6.45) is 5.83. The normalized spacial score (nSPS) is 23.5. The van der Waals surface area contributed by atoms with Crippen molar-refractivity contribution in [2.45, 2.75) is 77.6 Å². The molecule has 0 radical (unpaired) electrons. The number of hydrogen-bond donors (Lipinski definition) is 0. The first kappa shape index (κ1) is 22.3. The Labute approximate surface area is 181 Å². The van der Waals surface area contributed by atoms with Gasteiger partial charge in [-0.3, -0.25) is 9.36 Å². The van der Waals surface area contributed by atoms with Gasteiger partial charge in [-0.25, -0.2) is 9.78 Å². The molecule has 2 heterocycles. The maximum atomic E-state index is 13.2. The average molecular weight is 437 g/mol. The van der Waals surface area contributed by atoms with Gasteiger partial charge in [-0.05, 0) is 56.3 Å². The number of ether oxygens (including phenoxy) is 1. The lowest BCUT2D eigenvalue weighted by molar-refractivity contribution is -0.159. The number of carbonyl (C=O) groups excluding carboxylic acids is 1. The molecule has 4 unspecified atom stereocenters. The lowest BCUT2D eigenvalue weighted by Gasteiger charge is -2.37. The second-order valence-corrected chi connectivity index (χ2v) is 10.4. The van der Waals surface area contributed by atoms with Crippen molar-refractivity contribution in [3.8, 4) is 0 Å². The van der Waals surface area contributed by atoms with E-state index in [1.807, 2.05) is 12.3 Å². The summed E-state index contributed by atoms with van der Waals surface area (Å²) in [5, 5.41) is 1.16. The summed E-state index contributed by atoms with van der Waals surface area (Å²) in [6.45, 7) is 10.4. The highest BCUT2D eigenvalue weighted by Crippen LogP contribution is 2.36. The molecule has 0 bridgehead atoms. The van der Waals surface area contributed by atoms with Gasteiger partial charge in [0.2, 0.25) is 0 Å². The fraction of sp³-hybridized carbons (Fsp3) is 0.682. The number of thiophene rings is 1. The number of esters is 1. The standard InChI is InChI=1S/C22H32N2O3S2/c1-7-15-11-17-19(29-15)23-22(28-6)24(20(17)25)14(5)21(26)27-18-10-13(4)8-9-16(18)12(2)3/h11-14,16,18H,7-10H2,1-6H3. The molecule has 0 aliphatic heterocycles. The smallest absolute Gasteiger partial charge is 0.329 e. The molecule has 160 valence electrons. The zero-order valence-electron chi connectivity index (χ0n) is 18.2. The third-order valence-electron chi connectivity index (χ3n) is 6.10. The summed E-state index contributed by atoms with van der Waals surface area (Å²) < 4.78 is 7.52. The Morgan fingerprint density at radius 1 is 1.38 bits per heavy atom. The molecule has 1 saturated carbocycles. The molecule has 1 aliphatic carbocycles. The predicted octanol–water partition coefficient (Wildman–Crippen LogP) is 5.31. The van der Waals surface area contributed by atoms with Crippen molar-refractivity contribution >= 4 is 39.3 Å². The summed E-state index contributed by atoms with van der Waals surface area (Å²) in [5.41, 5.74) is -0.155. The molecule has 1 fully saturated rings. The van der Waals surface area contributed by atoms with Crippen LogP contribution < -0.4 is 5.56 Å². The number of aromatic nitrogens is 2. The predicted molar refractivity (Wildman–Crippen MR) is 121 cm³/mol. The van der Waals surface area contributed by atoms with Crippen LogP contribution in [0.3, 0.4) is 0 Å². The van der Waals surface area contributed by atoms with Crippen LogP contribution in [0.2, 0.25) is 0 Å². The van der Waals surface area contributed by atoms with Crippen molar-refractivity contribution < 1.29 is 9.53 Å². The number of aryl methyl sites for hydroxylation is 1. The van der Waals surface area contributed by atoms with Gasteiger partial charge < -0.3 is 4.74 Å². The average Bonchev–Trinajstić information content (AvgIpc) is 3.10. The van der Waals surface area contributed by atoms with E-state index in [0.29, 0.717) is 28.3 Å². The summed E-state index contributed by atoms with van der Waals surface area (Å²) in [5.74, 6) is 1.07. The SMILES string of the molecule is CCc1cc2c(=O)n(C(C)C(=O)OC3CC(C)CCC3C(C)C)c(SC)nc2s1. The van der Waals surface area contributed by atoms with Crippen LogP contribution in [0.5, 0.6) is 0 Å². The molecular weight excluding hydrogens is 404 g/mol. The molecule has 5 nitrogen and oxygen atoms in total. The quantitative estimate of drug-likeness (QED) is 0.349. The fourth-order valence-corrected chi connectivity index (χ4v) is 5.92. The van der Waals surface area contributed by atoms with Gasteiger partial charge in [-0.2, -0.15) is 0 Å². The van der Waals surface area contributed by atoms with Crippen molar-refractivity contribution in [1.82, 2.24) is 9.55 Å². The number of carbonyl (C=O) groups is 1. The van der Waals surface area contributed by atoms with Crippen LogP contribution in [-0.4, -0.2) is 27.9 Å². The van der Waals surface area contributed by atoms with E-state index in [1.165, 1.54) is 22.7 Å². The van der Waals surface area contributed by atoms with Crippen LogP contribution in [0.4, 0.5) is 0 Å². The van der Waals surface area contributed by atoms with Crippen LogP contribution in [0.15, 0.2) is 16.0 Å². The number of rotatable bonds is 6. The molecule has 7 heteroatoms. The molecular formula is C22H32N2O3S2. The highest BCUT2D eigenvalue weighted by molar-refractivity contribution is 7.98. The molecule has 0 saturated heterocycles. The first-order valence-electron chi connectivity index (χ1n) is 10.6. The van der Waals surface area contributed by atoms with Gasteiger partial charge in [-0.1, -0.05) is 45.9 Å². The molecule has 29 heavy (non-hydrogen) atoms. The van der Waals surface area contributed by atoms with Crippen molar-refractivity contribution in [1.29, 1.82) is 0 Å². The highest BCUT2D eigenvalue weighted by Gasteiger charge is 2.35. The van der Waals surface area contributed by atoms with Crippen molar-refractivity contribution in [2.24, 2.45) is 17.8 Å². The summed E-state index contributed by atoms with van der Waals surface area (Å²) in [4.78, 5) is 32.8. The van der Waals surface area contributed by atoms with Crippen LogP contribution in [0, 0.1) is 17.8 Å². The maximum Gasteiger partial charge on any atom is 0.329 e. The second kappa shape index (κ2) is 9.21. The largest absolute Gasteiger partial charge is 0.461 e. The monoisotopic (exact) mass is 436 g/mol. The number of fused-ring (bicyclic) bond motifs is 1. The molecule has 4 atom stereocenters. The molecule has 0 aromatic carbocycles. The van der Waals surface area contributed by atoms with E-state index in [9.17, 15) is 9.59 Å². The minimum Gasteiger partial charge on any atom is -0.461 e. The first-order chi connectivity index (χ1) is 13.8. The molecule has 0 N–H and O–H groups in total. The zero-order chi connectivity index (χ0) is 21.3.